The minimum Gasteiger partial charge on any atom is -0.481 e. The van der Waals surface area contributed by atoms with Crippen LogP contribution in [0.4, 0.5) is 0 Å². The first-order chi connectivity index (χ1) is 15.1. The third-order valence-electron chi connectivity index (χ3n) is 6.02. The van der Waals surface area contributed by atoms with E-state index in [1.54, 1.807) is 6.20 Å². The number of rotatable bonds is 7. The lowest BCUT2D eigenvalue weighted by atomic mass is 9.91. The summed E-state index contributed by atoms with van der Waals surface area (Å²) < 4.78 is 0. The van der Waals surface area contributed by atoms with Crippen molar-refractivity contribution in [3.05, 3.63) is 90.1 Å². The SMILES string of the molecule is O=C(O)C1CCN(C(Cc2ccccc2)C(=O)c2ccc(-c3ccccn3)cc2)CC1. The van der Waals surface area contributed by atoms with Crippen LogP contribution in [0, 0.1) is 5.92 Å². The van der Waals surface area contributed by atoms with E-state index in [1.807, 2.05) is 72.8 Å². The summed E-state index contributed by atoms with van der Waals surface area (Å²) in [4.78, 5) is 31.4. The van der Waals surface area contributed by atoms with Gasteiger partial charge in [-0.2, -0.15) is 0 Å². The molecule has 0 radical (unpaired) electrons. The van der Waals surface area contributed by atoms with Crippen LogP contribution in [0.3, 0.4) is 0 Å². The molecule has 0 aliphatic carbocycles. The maximum atomic E-state index is 13.5. The Morgan fingerprint density at radius 3 is 2.23 bits per heavy atom. The van der Waals surface area contributed by atoms with E-state index in [4.69, 9.17) is 0 Å². The van der Waals surface area contributed by atoms with Gasteiger partial charge >= 0.3 is 5.97 Å². The van der Waals surface area contributed by atoms with Gasteiger partial charge < -0.3 is 5.11 Å². The van der Waals surface area contributed by atoms with Crippen LogP contribution < -0.4 is 0 Å². The highest BCUT2D eigenvalue weighted by molar-refractivity contribution is 6.00. The van der Waals surface area contributed by atoms with Gasteiger partial charge in [0.2, 0.25) is 0 Å². The molecule has 5 heteroatoms. The van der Waals surface area contributed by atoms with Crippen LogP contribution in [-0.2, 0) is 11.2 Å². The molecule has 1 aromatic heterocycles. The minimum absolute atomic E-state index is 0.0743. The van der Waals surface area contributed by atoms with Gasteiger partial charge in [0.25, 0.3) is 0 Å². The van der Waals surface area contributed by atoms with E-state index in [0.717, 1.165) is 16.8 Å². The average molecular weight is 415 g/mol. The van der Waals surface area contributed by atoms with Gasteiger partial charge in [0.15, 0.2) is 5.78 Å². The molecule has 158 valence electrons. The minimum atomic E-state index is -0.740. The van der Waals surface area contributed by atoms with Gasteiger partial charge in [0.05, 0.1) is 17.7 Å². The lowest BCUT2D eigenvalue weighted by Crippen LogP contribution is -2.47. The number of carbonyl (C=O) groups excluding carboxylic acids is 1. The molecule has 1 fully saturated rings. The summed E-state index contributed by atoms with van der Waals surface area (Å²) in [5.41, 5.74) is 3.62. The Labute approximate surface area is 182 Å². The number of benzene rings is 2. The Morgan fingerprint density at radius 1 is 0.935 bits per heavy atom. The second-order valence-corrected chi connectivity index (χ2v) is 8.01. The van der Waals surface area contributed by atoms with Crippen LogP contribution in [0.2, 0.25) is 0 Å². The fraction of sp³-hybridized carbons (Fsp3) is 0.269. The first kappa shape index (κ1) is 20.9. The summed E-state index contributed by atoms with van der Waals surface area (Å²) in [6, 6.07) is 23.1. The third kappa shape index (κ3) is 5.06. The number of nitrogens with zero attached hydrogens (tertiary/aromatic N) is 2. The van der Waals surface area contributed by atoms with Crippen LogP contribution in [0.15, 0.2) is 79.0 Å². The first-order valence-corrected chi connectivity index (χ1v) is 10.7. The number of carboxylic acids is 1. The Bertz CT molecular complexity index is 1010. The maximum absolute atomic E-state index is 13.5. The van der Waals surface area contributed by atoms with Crippen LogP contribution in [0.1, 0.15) is 28.8 Å². The van der Waals surface area contributed by atoms with Gasteiger partial charge in [-0.3, -0.25) is 19.5 Å². The predicted octanol–water partition coefficient (Wildman–Crippen LogP) is 4.34. The average Bonchev–Trinajstić information content (AvgIpc) is 2.83. The number of hydrogen-bond acceptors (Lipinski definition) is 4. The molecule has 31 heavy (non-hydrogen) atoms. The van der Waals surface area contributed by atoms with E-state index in [-0.39, 0.29) is 17.7 Å². The van der Waals surface area contributed by atoms with Crippen molar-refractivity contribution in [1.82, 2.24) is 9.88 Å². The molecular weight excluding hydrogens is 388 g/mol. The summed E-state index contributed by atoms with van der Waals surface area (Å²) in [6.07, 6.45) is 3.52. The lowest BCUT2D eigenvalue weighted by molar-refractivity contribution is -0.143. The van der Waals surface area contributed by atoms with Crippen LogP contribution in [0.5, 0.6) is 0 Å². The highest BCUT2D eigenvalue weighted by Crippen LogP contribution is 2.24. The van der Waals surface area contributed by atoms with Crippen molar-refractivity contribution in [2.45, 2.75) is 25.3 Å². The van der Waals surface area contributed by atoms with Crippen LogP contribution in [0.25, 0.3) is 11.3 Å². The van der Waals surface area contributed by atoms with E-state index >= 15 is 0 Å². The summed E-state index contributed by atoms with van der Waals surface area (Å²) in [5, 5.41) is 9.31. The van der Waals surface area contributed by atoms with Crippen molar-refractivity contribution in [3.63, 3.8) is 0 Å². The first-order valence-electron chi connectivity index (χ1n) is 10.7. The largest absolute Gasteiger partial charge is 0.481 e. The van der Waals surface area contributed by atoms with E-state index in [2.05, 4.69) is 9.88 Å². The molecule has 1 aliphatic heterocycles. The van der Waals surface area contributed by atoms with E-state index in [1.165, 1.54) is 0 Å². The third-order valence-corrected chi connectivity index (χ3v) is 6.02. The molecule has 4 rings (SSSR count). The molecule has 1 atom stereocenters. The molecule has 1 unspecified atom stereocenters. The fourth-order valence-electron chi connectivity index (χ4n) is 4.21. The number of piperidine rings is 1. The van der Waals surface area contributed by atoms with Crippen molar-refractivity contribution >= 4 is 11.8 Å². The number of Topliss-reactive ketones (excluding diaryl/α,β-unsaturated/α-hetero) is 1. The lowest BCUT2D eigenvalue weighted by Gasteiger charge is -2.36. The molecule has 2 aromatic carbocycles. The topological polar surface area (TPSA) is 70.5 Å². The second-order valence-electron chi connectivity index (χ2n) is 8.01. The summed E-state index contributed by atoms with van der Waals surface area (Å²) >= 11 is 0. The Kier molecular flexibility index (Phi) is 6.53. The number of aromatic nitrogens is 1. The molecule has 0 bridgehead atoms. The van der Waals surface area contributed by atoms with Crippen LogP contribution >= 0.6 is 0 Å². The normalized spacial score (nSPS) is 16.0. The zero-order valence-corrected chi connectivity index (χ0v) is 17.4. The van der Waals surface area contributed by atoms with E-state index in [9.17, 15) is 14.7 Å². The van der Waals surface area contributed by atoms with Gasteiger partial charge in [-0.05, 0) is 50.0 Å². The quantitative estimate of drug-likeness (QED) is 0.583. The number of hydrogen-bond donors (Lipinski definition) is 1. The monoisotopic (exact) mass is 414 g/mol. The summed E-state index contributed by atoms with van der Waals surface area (Å²) in [5.74, 6) is -0.984. The number of likely N-dealkylation sites (tertiary alicyclic amines) is 1. The van der Waals surface area contributed by atoms with Crippen molar-refractivity contribution in [2.75, 3.05) is 13.1 Å². The highest BCUT2D eigenvalue weighted by Gasteiger charge is 2.32. The maximum Gasteiger partial charge on any atom is 0.306 e. The molecule has 1 N–H and O–H groups in total. The number of aliphatic carboxylic acids is 1. The van der Waals surface area contributed by atoms with E-state index in [0.29, 0.717) is 37.9 Å². The number of carboxylic acid groups (broad SMARTS) is 1. The molecular formula is C26H26N2O3. The fourth-order valence-corrected chi connectivity index (χ4v) is 4.21. The number of pyridine rings is 1. The Morgan fingerprint density at radius 2 is 1.61 bits per heavy atom. The molecule has 0 spiro atoms. The van der Waals surface area contributed by atoms with Gasteiger partial charge in [-0.15, -0.1) is 0 Å². The Hall–Kier alpha value is -3.31. The smallest absolute Gasteiger partial charge is 0.306 e. The number of carbonyl (C=O) groups is 2. The Balaban J connectivity index is 1.55. The van der Waals surface area contributed by atoms with Gasteiger partial charge in [0.1, 0.15) is 0 Å². The summed E-state index contributed by atoms with van der Waals surface area (Å²) in [6.45, 7) is 1.23. The number of ketones is 1. The van der Waals surface area contributed by atoms with E-state index < -0.39 is 5.97 Å². The van der Waals surface area contributed by atoms with Crippen LogP contribution in [-0.4, -0.2) is 45.9 Å². The molecule has 5 nitrogen and oxygen atoms in total. The van der Waals surface area contributed by atoms with Gasteiger partial charge in [-0.1, -0.05) is 60.7 Å². The molecule has 1 saturated heterocycles. The second kappa shape index (κ2) is 9.67. The van der Waals surface area contributed by atoms with Crippen molar-refractivity contribution in [2.24, 2.45) is 5.92 Å². The summed E-state index contributed by atoms with van der Waals surface area (Å²) in [7, 11) is 0. The van der Waals surface area contributed by atoms with Gasteiger partial charge in [0, 0.05) is 17.3 Å². The predicted molar refractivity (Wildman–Crippen MR) is 120 cm³/mol. The standard InChI is InChI=1S/C26H26N2O3/c29-25(21-11-9-20(10-12-21)23-8-4-5-15-27-23)24(18-19-6-2-1-3-7-19)28-16-13-22(14-17-28)26(30)31/h1-12,15,22,24H,13-14,16-18H2,(H,30,31). The van der Waals surface area contributed by atoms with Crippen molar-refractivity contribution in [3.8, 4) is 11.3 Å². The zero-order valence-electron chi connectivity index (χ0n) is 17.4. The molecule has 0 saturated carbocycles. The van der Waals surface area contributed by atoms with Crippen molar-refractivity contribution < 1.29 is 14.7 Å². The molecule has 1 aliphatic rings. The molecule has 2 heterocycles. The molecule has 3 aromatic rings. The molecule has 0 amide bonds. The highest BCUT2D eigenvalue weighted by atomic mass is 16.4. The zero-order chi connectivity index (χ0) is 21.6. The van der Waals surface area contributed by atoms with Crippen molar-refractivity contribution in [1.29, 1.82) is 0 Å². The van der Waals surface area contributed by atoms with Gasteiger partial charge in [-0.25, -0.2) is 0 Å².